The maximum atomic E-state index is 5.58. The second kappa shape index (κ2) is 8.23. The van der Waals surface area contributed by atoms with E-state index >= 15 is 0 Å². The standard InChI is InChI=1S/C8H19OSi2/c1-4-5-6-7-8-11(3)9-10-2/h7-8H,4-6,10H2,1-3H3. The predicted molar refractivity (Wildman–Crippen MR) is 55.8 cm³/mol. The molecule has 65 valence electrons. The van der Waals surface area contributed by atoms with Gasteiger partial charge in [-0.2, -0.15) is 0 Å². The fraction of sp³-hybridized carbons (Fsp3) is 0.750. The fourth-order valence-corrected chi connectivity index (χ4v) is 3.55. The molecule has 3 heteroatoms. The molecule has 0 rings (SSSR count). The van der Waals surface area contributed by atoms with Crippen LogP contribution in [0.2, 0.25) is 13.1 Å². The molecule has 0 saturated heterocycles. The molecule has 0 aromatic rings. The van der Waals surface area contributed by atoms with Crippen LogP contribution in [-0.2, 0) is 4.12 Å². The molecule has 0 aromatic heterocycles. The average Bonchev–Trinajstić information content (AvgIpc) is 1.99. The lowest BCUT2D eigenvalue weighted by atomic mass is 10.2. The quantitative estimate of drug-likeness (QED) is 0.457. The molecule has 0 heterocycles. The first-order valence-corrected chi connectivity index (χ1v) is 8.41. The van der Waals surface area contributed by atoms with Gasteiger partial charge in [-0.15, -0.1) is 0 Å². The Labute approximate surface area is 74.5 Å². The zero-order valence-electron chi connectivity index (χ0n) is 7.89. The fourth-order valence-electron chi connectivity index (χ4n) is 0.847. The molecule has 0 atom stereocenters. The first-order valence-electron chi connectivity index (χ1n) is 4.44. The minimum Gasteiger partial charge on any atom is -0.458 e. The van der Waals surface area contributed by atoms with Crippen LogP contribution in [0.5, 0.6) is 0 Å². The van der Waals surface area contributed by atoms with Gasteiger partial charge in [0.1, 0.15) is 9.76 Å². The van der Waals surface area contributed by atoms with Gasteiger partial charge >= 0.3 is 0 Å². The largest absolute Gasteiger partial charge is 0.458 e. The van der Waals surface area contributed by atoms with Crippen LogP contribution in [0.15, 0.2) is 11.8 Å². The monoisotopic (exact) mass is 187 g/mol. The van der Waals surface area contributed by atoms with Crippen molar-refractivity contribution in [2.75, 3.05) is 0 Å². The van der Waals surface area contributed by atoms with Crippen molar-refractivity contribution in [2.45, 2.75) is 39.3 Å². The van der Waals surface area contributed by atoms with E-state index in [2.05, 4.69) is 31.8 Å². The molecule has 1 nitrogen and oxygen atoms in total. The van der Waals surface area contributed by atoms with Gasteiger partial charge in [0.05, 0.1) is 0 Å². The summed E-state index contributed by atoms with van der Waals surface area (Å²) in [6.07, 6.45) is 6.11. The van der Waals surface area contributed by atoms with Crippen LogP contribution < -0.4 is 0 Å². The van der Waals surface area contributed by atoms with Crippen molar-refractivity contribution in [1.82, 2.24) is 0 Å². The summed E-state index contributed by atoms with van der Waals surface area (Å²) in [5.74, 6) is 0. The van der Waals surface area contributed by atoms with E-state index in [9.17, 15) is 0 Å². The van der Waals surface area contributed by atoms with Crippen LogP contribution in [0.25, 0.3) is 0 Å². The van der Waals surface area contributed by atoms with Gasteiger partial charge in [0.2, 0.25) is 9.04 Å². The Morgan fingerprint density at radius 3 is 2.82 bits per heavy atom. The first kappa shape index (κ1) is 11.1. The van der Waals surface area contributed by atoms with E-state index in [4.69, 9.17) is 4.12 Å². The number of hydrogen-bond donors (Lipinski definition) is 0. The predicted octanol–water partition coefficient (Wildman–Crippen LogP) is 2.04. The van der Waals surface area contributed by atoms with E-state index in [1.54, 1.807) is 0 Å². The smallest absolute Gasteiger partial charge is 0.223 e. The van der Waals surface area contributed by atoms with Crippen molar-refractivity contribution in [1.29, 1.82) is 0 Å². The summed E-state index contributed by atoms with van der Waals surface area (Å²) in [6.45, 7) is 6.62. The Bertz CT molecular complexity index is 104. The Morgan fingerprint density at radius 1 is 1.55 bits per heavy atom. The molecule has 0 unspecified atom stereocenters. The maximum Gasteiger partial charge on any atom is 0.223 e. The summed E-state index contributed by atoms with van der Waals surface area (Å²) in [7, 11) is -0.719. The van der Waals surface area contributed by atoms with Crippen LogP contribution in [0.4, 0.5) is 0 Å². The highest BCUT2D eigenvalue weighted by atomic mass is 28.3. The number of hydrogen-bond acceptors (Lipinski definition) is 1. The molecule has 11 heavy (non-hydrogen) atoms. The molecule has 1 radical (unpaired) electrons. The molecule has 0 fully saturated rings. The zero-order chi connectivity index (χ0) is 8.53. The highest BCUT2D eigenvalue weighted by molar-refractivity contribution is 6.61. The van der Waals surface area contributed by atoms with E-state index in [1.807, 2.05) is 0 Å². The van der Waals surface area contributed by atoms with Crippen LogP contribution >= 0.6 is 0 Å². The Morgan fingerprint density at radius 2 is 2.27 bits per heavy atom. The second-order valence-corrected chi connectivity index (χ2v) is 5.87. The van der Waals surface area contributed by atoms with Crippen molar-refractivity contribution >= 4 is 18.8 Å². The number of rotatable bonds is 6. The number of allylic oxidation sites excluding steroid dienone is 1. The molecular weight excluding hydrogens is 168 g/mol. The summed E-state index contributed by atoms with van der Waals surface area (Å²) >= 11 is 0. The van der Waals surface area contributed by atoms with Crippen molar-refractivity contribution in [3.8, 4) is 0 Å². The van der Waals surface area contributed by atoms with Gasteiger partial charge < -0.3 is 4.12 Å². The van der Waals surface area contributed by atoms with E-state index < -0.39 is 9.04 Å². The van der Waals surface area contributed by atoms with Crippen LogP contribution in [0, 0.1) is 0 Å². The topological polar surface area (TPSA) is 9.23 Å². The minimum atomic E-state index is -0.540. The zero-order valence-corrected chi connectivity index (χ0v) is 10.3. The summed E-state index contributed by atoms with van der Waals surface area (Å²) < 4.78 is 5.58. The lowest BCUT2D eigenvalue weighted by Gasteiger charge is -2.01. The van der Waals surface area contributed by atoms with Crippen molar-refractivity contribution in [3.63, 3.8) is 0 Å². The van der Waals surface area contributed by atoms with Gasteiger partial charge in [0.15, 0.2) is 0 Å². The molecule has 0 aliphatic carbocycles. The number of unbranched alkanes of at least 4 members (excludes halogenated alkanes) is 2. The highest BCUT2D eigenvalue weighted by Crippen LogP contribution is 1.96. The van der Waals surface area contributed by atoms with E-state index in [1.165, 1.54) is 19.3 Å². The van der Waals surface area contributed by atoms with Crippen LogP contribution in [-0.4, -0.2) is 18.8 Å². The normalized spacial score (nSPS) is 12.7. The van der Waals surface area contributed by atoms with Gasteiger partial charge in [-0.25, -0.2) is 0 Å². The lowest BCUT2D eigenvalue weighted by molar-refractivity contribution is 0.635. The first-order chi connectivity index (χ1) is 5.31. The van der Waals surface area contributed by atoms with Crippen LogP contribution in [0.3, 0.4) is 0 Å². The molecule has 0 N–H and O–H groups in total. The molecule has 0 amide bonds. The molecule has 0 bridgehead atoms. The SMILES string of the molecule is CCCCC=C[Si](C)O[SiH2]C. The minimum absolute atomic E-state index is 0.179. The van der Waals surface area contributed by atoms with Crippen molar-refractivity contribution in [3.05, 3.63) is 11.8 Å². The van der Waals surface area contributed by atoms with Crippen molar-refractivity contribution in [2.24, 2.45) is 0 Å². The van der Waals surface area contributed by atoms with Crippen molar-refractivity contribution < 1.29 is 4.12 Å². The summed E-state index contributed by atoms with van der Waals surface area (Å²) in [5.41, 5.74) is 2.27. The van der Waals surface area contributed by atoms with Gasteiger partial charge in [0, 0.05) is 0 Å². The third-order valence-electron chi connectivity index (χ3n) is 1.45. The Kier molecular flexibility index (Phi) is 8.33. The molecule has 0 aromatic carbocycles. The lowest BCUT2D eigenvalue weighted by Crippen LogP contribution is -2.11. The van der Waals surface area contributed by atoms with Gasteiger partial charge in [-0.1, -0.05) is 38.1 Å². The van der Waals surface area contributed by atoms with Gasteiger partial charge in [-0.05, 0) is 13.0 Å². The van der Waals surface area contributed by atoms with Crippen LogP contribution in [0.1, 0.15) is 26.2 Å². The molecule has 0 spiro atoms. The molecule has 0 saturated carbocycles. The van der Waals surface area contributed by atoms with E-state index in [0.29, 0.717) is 0 Å². The maximum absolute atomic E-state index is 5.58. The third-order valence-corrected chi connectivity index (χ3v) is 5.13. The van der Waals surface area contributed by atoms with E-state index in [-0.39, 0.29) is 9.76 Å². The van der Waals surface area contributed by atoms with Gasteiger partial charge in [0.25, 0.3) is 0 Å². The second-order valence-electron chi connectivity index (χ2n) is 2.59. The molecular formula is C8H19OSi2. The third kappa shape index (κ3) is 8.04. The highest BCUT2D eigenvalue weighted by Gasteiger charge is 1.96. The van der Waals surface area contributed by atoms with E-state index in [0.717, 1.165) is 0 Å². The summed E-state index contributed by atoms with van der Waals surface area (Å²) in [4.78, 5) is 0. The van der Waals surface area contributed by atoms with Gasteiger partial charge in [-0.3, -0.25) is 0 Å². The molecule has 0 aliphatic rings. The Balaban J connectivity index is 3.24. The average molecular weight is 187 g/mol. The summed E-state index contributed by atoms with van der Waals surface area (Å²) in [6, 6.07) is 0. The summed E-state index contributed by atoms with van der Waals surface area (Å²) in [5, 5.41) is 0. The Hall–Kier alpha value is 0.134. The molecule has 0 aliphatic heterocycles.